The molecule has 0 bridgehead atoms. The van der Waals surface area contributed by atoms with Crippen LogP contribution in [0.3, 0.4) is 0 Å². The largest absolute Gasteiger partial charge is 0.352 e. The maximum absolute atomic E-state index is 12.1. The maximum Gasteiger partial charge on any atom is 0.252 e. The van der Waals surface area contributed by atoms with Crippen molar-refractivity contribution in [2.45, 2.75) is 6.42 Å². The summed E-state index contributed by atoms with van der Waals surface area (Å²) in [5.41, 5.74) is 1.53. The average Bonchev–Trinajstić information content (AvgIpc) is 2.43. The Morgan fingerprint density at radius 1 is 1.22 bits per heavy atom. The van der Waals surface area contributed by atoms with Crippen molar-refractivity contribution in [3.8, 4) is 0 Å². The number of carbonyl (C=O) groups is 1. The highest BCUT2D eigenvalue weighted by molar-refractivity contribution is 6.05. The van der Waals surface area contributed by atoms with Crippen molar-refractivity contribution in [3.63, 3.8) is 0 Å². The first kappa shape index (κ1) is 12.5. The Morgan fingerprint density at radius 3 is 2.89 bits per heavy atom. The predicted octanol–water partition coefficient (Wildman–Crippen LogP) is 1.57. The number of fused-ring (bicyclic) bond motifs is 1. The van der Waals surface area contributed by atoms with Gasteiger partial charge in [-0.05, 0) is 32.1 Å². The fraction of sp³-hybridized carbons (Fsp3) is 0.286. The summed E-state index contributed by atoms with van der Waals surface area (Å²) in [6, 6.07) is 9.43. The Balaban J connectivity index is 2.13. The van der Waals surface area contributed by atoms with E-state index >= 15 is 0 Å². The lowest BCUT2D eigenvalue weighted by atomic mass is 10.1. The van der Waals surface area contributed by atoms with Gasteiger partial charge in [-0.3, -0.25) is 9.78 Å². The number of pyridine rings is 1. The minimum absolute atomic E-state index is 0.0373. The minimum Gasteiger partial charge on any atom is -0.352 e. The van der Waals surface area contributed by atoms with E-state index in [9.17, 15) is 4.79 Å². The zero-order valence-electron chi connectivity index (χ0n) is 10.4. The molecule has 0 saturated heterocycles. The minimum atomic E-state index is -0.0373. The van der Waals surface area contributed by atoms with Gasteiger partial charge in [0.05, 0.1) is 11.1 Å². The number of rotatable bonds is 5. The van der Waals surface area contributed by atoms with Gasteiger partial charge in [-0.2, -0.15) is 0 Å². The molecule has 0 spiro atoms. The number of hydrogen-bond acceptors (Lipinski definition) is 3. The van der Waals surface area contributed by atoms with Crippen LogP contribution in [0.4, 0.5) is 0 Å². The summed E-state index contributed by atoms with van der Waals surface area (Å²) in [6.07, 6.45) is 2.59. The summed E-state index contributed by atoms with van der Waals surface area (Å²) < 4.78 is 0. The molecule has 0 fully saturated rings. The second-order valence-electron chi connectivity index (χ2n) is 4.09. The first-order valence-corrected chi connectivity index (χ1v) is 6.09. The van der Waals surface area contributed by atoms with Crippen LogP contribution >= 0.6 is 0 Å². The summed E-state index contributed by atoms with van der Waals surface area (Å²) in [5, 5.41) is 6.86. The Kier molecular flexibility index (Phi) is 4.25. The SMILES string of the molecule is CNCCCNC(=O)c1ccnc2ccccc12. The van der Waals surface area contributed by atoms with Crippen molar-refractivity contribution >= 4 is 16.8 Å². The molecule has 0 aliphatic rings. The molecule has 0 unspecified atom stereocenters. The van der Waals surface area contributed by atoms with E-state index in [0.717, 1.165) is 23.9 Å². The molecule has 1 aromatic carbocycles. The van der Waals surface area contributed by atoms with E-state index < -0.39 is 0 Å². The number of para-hydroxylation sites is 1. The van der Waals surface area contributed by atoms with Crippen LogP contribution in [-0.2, 0) is 0 Å². The van der Waals surface area contributed by atoms with Gasteiger partial charge in [0.25, 0.3) is 5.91 Å². The first-order valence-electron chi connectivity index (χ1n) is 6.09. The second-order valence-corrected chi connectivity index (χ2v) is 4.09. The molecule has 0 saturated carbocycles. The number of aromatic nitrogens is 1. The molecule has 2 N–H and O–H groups in total. The van der Waals surface area contributed by atoms with Gasteiger partial charge in [0.1, 0.15) is 0 Å². The predicted molar refractivity (Wildman–Crippen MR) is 72.6 cm³/mol. The molecule has 0 aliphatic carbocycles. The smallest absolute Gasteiger partial charge is 0.252 e. The number of amides is 1. The van der Waals surface area contributed by atoms with E-state index in [1.54, 1.807) is 12.3 Å². The average molecular weight is 243 g/mol. The van der Waals surface area contributed by atoms with Crippen LogP contribution in [0.5, 0.6) is 0 Å². The van der Waals surface area contributed by atoms with Gasteiger partial charge in [-0.25, -0.2) is 0 Å². The molecule has 4 nitrogen and oxygen atoms in total. The highest BCUT2D eigenvalue weighted by Gasteiger charge is 2.08. The molecule has 0 radical (unpaired) electrons. The molecule has 0 aliphatic heterocycles. The van der Waals surface area contributed by atoms with Crippen LogP contribution in [0, 0.1) is 0 Å². The van der Waals surface area contributed by atoms with Gasteiger partial charge in [0, 0.05) is 18.1 Å². The number of benzene rings is 1. The molecule has 2 rings (SSSR count). The molecule has 0 atom stereocenters. The van der Waals surface area contributed by atoms with Crippen molar-refractivity contribution < 1.29 is 4.79 Å². The third-order valence-corrected chi connectivity index (χ3v) is 2.78. The van der Waals surface area contributed by atoms with Crippen LogP contribution in [0.2, 0.25) is 0 Å². The Labute approximate surface area is 106 Å². The van der Waals surface area contributed by atoms with E-state index in [2.05, 4.69) is 15.6 Å². The van der Waals surface area contributed by atoms with Gasteiger partial charge < -0.3 is 10.6 Å². The quantitative estimate of drug-likeness (QED) is 0.784. The summed E-state index contributed by atoms with van der Waals surface area (Å²) in [5.74, 6) is -0.0373. The van der Waals surface area contributed by atoms with Crippen molar-refractivity contribution in [2.24, 2.45) is 0 Å². The van der Waals surface area contributed by atoms with E-state index in [-0.39, 0.29) is 5.91 Å². The third-order valence-electron chi connectivity index (χ3n) is 2.78. The summed E-state index contributed by atoms with van der Waals surface area (Å²) in [7, 11) is 1.90. The van der Waals surface area contributed by atoms with Crippen LogP contribution in [0.15, 0.2) is 36.5 Å². The highest BCUT2D eigenvalue weighted by Crippen LogP contribution is 2.15. The normalized spacial score (nSPS) is 10.5. The van der Waals surface area contributed by atoms with Gasteiger partial charge in [-0.1, -0.05) is 18.2 Å². The maximum atomic E-state index is 12.1. The summed E-state index contributed by atoms with van der Waals surface area (Å²) in [6.45, 7) is 1.58. The van der Waals surface area contributed by atoms with Crippen LogP contribution in [0.1, 0.15) is 16.8 Å². The summed E-state index contributed by atoms with van der Waals surface area (Å²) >= 11 is 0. The van der Waals surface area contributed by atoms with Crippen molar-refractivity contribution in [1.29, 1.82) is 0 Å². The Bertz CT molecular complexity index is 534. The molecule has 1 heterocycles. The lowest BCUT2D eigenvalue weighted by molar-refractivity contribution is 0.0955. The fourth-order valence-electron chi connectivity index (χ4n) is 1.86. The van der Waals surface area contributed by atoms with E-state index in [4.69, 9.17) is 0 Å². The third kappa shape index (κ3) is 2.84. The molecular weight excluding hydrogens is 226 g/mol. The lowest BCUT2D eigenvalue weighted by Gasteiger charge is -2.07. The molecular formula is C14H17N3O. The first-order chi connectivity index (χ1) is 8.83. The van der Waals surface area contributed by atoms with Crippen molar-refractivity contribution in [1.82, 2.24) is 15.6 Å². The van der Waals surface area contributed by atoms with E-state index in [1.165, 1.54) is 0 Å². The summed E-state index contributed by atoms with van der Waals surface area (Å²) in [4.78, 5) is 16.3. The van der Waals surface area contributed by atoms with Gasteiger partial charge in [-0.15, -0.1) is 0 Å². The van der Waals surface area contributed by atoms with Crippen LogP contribution < -0.4 is 10.6 Å². The lowest BCUT2D eigenvalue weighted by Crippen LogP contribution is -2.26. The topological polar surface area (TPSA) is 54.0 Å². The number of carbonyl (C=O) groups excluding carboxylic acids is 1. The van der Waals surface area contributed by atoms with Crippen LogP contribution in [0.25, 0.3) is 10.9 Å². The molecule has 1 amide bonds. The number of nitrogens with one attached hydrogen (secondary N) is 2. The fourth-order valence-corrected chi connectivity index (χ4v) is 1.86. The number of hydrogen-bond donors (Lipinski definition) is 2. The van der Waals surface area contributed by atoms with Gasteiger partial charge >= 0.3 is 0 Å². The van der Waals surface area contributed by atoms with Crippen LogP contribution in [-0.4, -0.2) is 31.0 Å². The molecule has 1 aromatic heterocycles. The monoisotopic (exact) mass is 243 g/mol. The molecule has 4 heteroatoms. The van der Waals surface area contributed by atoms with Crippen molar-refractivity contribution in [3.05, 3.63) is 42.1 Å². The van der Waals surface area contributed by atoms with Gasteiger partial charge in [0.15, 0.2) is 0 Å². The molecule has 2 aromatic rings. The van der Waals surface area contributed by atoms with Crippen molar-refractivity contribution in [2.75, 3.05) is 20.1 Å². The van der Waals surface area contributed by atoms with E-state index in [0.29, 0.717) is 12.1 Å². The molecule has 94 valence electrons. The Hall–Kier alpha value is -1.94. The van der Waals surface area contributed by atoms with Gasteiger partial charge in [0.2, 0.25) is 0 Å². The highest BCUT2D eigenvalue weighted by atomic mass is 16.1. The second kappa shape index (κ2) is 6.12. The zero-order chi connectivity index (χ0) is 12.8. The molecule has 18 heavy (non-hydrogen) atoms. The van der Waals surface area contributed by atoms with E-state index in [1.807, 2.05) is 31.3 Å². The zero-order valence-corrected chi connectivity index (χ0v) is 10.4. The Morgan fingerprint density at radius 2 is 2.06 bits per heavy atom. The number of nitrogens with zero attached hydrogens (tertiary/aromatic N) is 1. The standard InChI is InChI=1S/C14H17N3O/c1-15-8-4-9-17-14(18)12-7-10-16-13-6-3-2-5-11(12)13/h2-3,5-7,10,15H,4,8-9H2,1H3,(H,17,18).